The molecule has 5 heteroatoms. The van der Waals surface area contributed by atoms with Crippen LogP contribution in [-0.4, -0.2) is 22.3 Å². The summed E-state index contributed by atoms with van der Waals surface area (Å²) in [5.74, 6) is -0.874. The SMILES string of the molecule is Cc1ccc(C(C(=O)NC(C)(C)C)N2Cc3ccc4ccc(F)cc4c3C2=O)cc1. The van der Waals surface area contributed by atoms with Crippen LogP contribution in [0.25, 0.3) is 10.8 Å². The molecule has 0 saturated carbocycles. The number of hydrogen-bond acceptors (Lipinski definition) is 2. The number of hydrogen-bond donors (Lipinski definition) is 1. The van der Waals surface area contributed by atoms with E-state index < -0.39 is 11.6 Å². The number of carbonyl (C=O) groups excluding carboxylic acids is 2. The first-order valence-electron chi connectivity index (χ1n) is 10.0. The van der Waals surface area contributed by atoms with E-state index in [0.29, 0.717) is 17.5 Å². The number of amides is 2. The first kappa shape index (κ1) is 20.1. The summed E-state index contributed by atoms with van der Waals surface area (Å²) in [5.41, 5.74) is 2.67. The summed E-state index contributed by atoms with van der Waals surface area (Å²) >= 11 is 0. The summed E-state index contributed by atoms with van der Waals surface area (Å²) in [7, 11) is 0. The Morgan fingerprint density at radius 2 is 1.73 bits per heavy atom. The molecule has 0 aliphatic carbocycles. The van der Waals surface area contributed by atoms with Gasteiger partial charge in [0.25, 0.3) is 5.91 Å². The van der Waals surface area contributed by atoms with Gasteiger partial charge in [-0.05, 0) is 61.7 Å². The van der Waals surface area contributed by atoms with E-state index in [0.717, 1.165) is 22.1 Å². The van der Waals surface area contributed by atoms with Gasteiger partial charge >= 0.3 is 0 Å². The zero-order chi connectivity index (χ0) is 21.6. The predicted molar refractivity (Wildman–Crippen MR) is 116 cm³/mol. The molecule has 4 nitrogen and oxygen atoms in total. The molecule has 0 spiro atoms. The van der Waals surface area contributed by atoms with Gasteiger partial charge in [-0.15, -0.1) is 0 Å². The molecular formula is C25H25FN2O2. The van der Waals surface area contributed by atoms with Gasteiger partial charge in [-0.2, -0.15) is 0 Å². The van der Waals surface area contributed by atoms with Crippen LogP contribution in [0.2, 0.25) is 0 Å². The van der Waals surface area contributed by atoms with Gasteiger partial charge in [-0.1, -0.05) is 48.0 Å². The van der Waals surface area contributed by atoms with Crippen molar-refractivity contribution >= 4 is 22.6 Å². The molecule has 4 rings (SSSR count). The summed E-state index contributed by atoms with van der Waals surface area (Å²) in [5, 5.41) is 4.39. The van der Waals surface area contributed by atoms with E-state index in [4.69, 9.17) is 0 Å². The summed E-state index contributed by atoms with van der Waals surface area (Å²) in [4.78, 5) is 28.4. The molecule has 0 radical (unpaired) electrons. The lowest BCUT2D eigenvalue weighted by Crippen LogP contribution is -2.47. The monoisotopic (exact) mass is 404 g/mol. The highest BCUT2D eigenvalue weighted by molar-refractivity contribution is 6.11. The van der Waals surface area contributed by atoms with Crippen molar-refractivity contribution in [2.45, 2.75) is 45.8 Å². The molecule has 0 bridgehead atoms. The van der Waals surface area contributed by atoms with E-state index in [1.807, 2.05) is 64.1 Å². The Hall–Kier alpha value is -3.21. The van der Waals surface area contributed by atoms with Crippen molar-refractivity contribution in [1.29, 1.82) is 0 Å². The Balaban J connectivity index is 1.80. The second-order valence-electron chi connectivity index (χ2n) is 8.95. The van der Waals surface area contributed by atoms with Gasteiger partial charge in [-0.3, -0.25) is 9.59 Å². The van der Waals surface area contributed by atoms with Crippen LogP contribution in [-0.2, 0) is 11.3 Å². The van der Waals surface area contributed by atoms with Gasteiger partial charge in [-0.25, -0.2) is 4.39 Å². The number of aryl methyl sites for hydroxylation is 1. The Kier molecular flexibility index (Phi) is 4.85. The Labute approximate surface area is 175 Å². The summed E-state index contributed by atoms with van der Waals surface area (Å²) in [6, 6.07) is 15.1. The summed E-state index contributed by atoms with van der Waals surface area (Å²) in [6.45, 7) is 8.01. The first-order chi connectivity index (χ1) is 14.1. The molecule has 0 fully saturated rings. The first-order valence-corrected chi connectivity index (χ1v) is 10.0. The minimum absolute atomic E-state index is 0.233. The Morgan fingerprint density at radius 1 is 1.07 bits per heavy atom. The van der Waals surface area contributed by atoms with Crippen molar-refractivity contribution in [2.75, 3.05) is 0 Å². The molecule has 0 aromatic heterocycles. The van der Waals surface area contributed by atoms with E-state index in [-0.39, 0.29) is 17.6 Å². The van der Waals surface area contributed by atoms with Crippen molar-refractivity contribution < 1.29 is 14.0 Å². The van der Waals surface area contributed by atoms with Crippen LogP contribution in [0, 0.1) is 12.7 Å². The summed E-state index contributed by atoms with van der Waals surface area (Å²) < 4.78 is 13.9. The number of halogens is 1. The molecule has 3 aromatic rings. The fourth-order valence-corrected chi connectivity index (χ4v) is 3.99. The number of benzene rings is 3. The lowest BCUT2D eigenvalue weighted by molar-refractivity contribution is -0.127. The highest BCUT2D eigenvalue weighted by Gasteiger charge is 2.39. The van der Waals surface area contributed by atoms with Gasteiger partial charge in [0, 0.05) is 12.1 Å². The molecule has 3 aromatic carbocycles. The largest absolute Gasteiger partial charge is 0.349 e. The van der Waals surface area contributed by atoms with E-state index in [1.165, 1.54) is 12.1 Å². The van der Waals surface area contributed by atoms with Gasteiger partial charge in [0.2, 0.25) is 5.91 Å². The molecule has 1 aliphatic heterocycles. The van der Waals surface area contributed by atoms with Gasteiger partial charge in [0.05, 0.1) is 5.56 Å². The van der Waals surface area contributed by atoms with E-state index >= 15 is 0 Å². The van der Waals surface area contributed by atoms with Crippen LogP contribution in [0.4, 0.5) is 4.39 Å². The highest BCUT2D eigenvalue weighted by atomic mass is 19.1. The average molecular weight is 404 g/mol. The Morgan fingerprint density at radius 3 is 2.40 bits per heavy atom. The minimum atomic E-state index is -0.770. The number of nitrogens with one attached hydrogen (secondary N) is 1. The molecule has 30 heavy (non-hydrogen) atoms. The van der Waals surface area contributed by atoms with Gasteiger partial charge < -0.3 is 10.2 Å². The smallest absolute Gasteiger partial charge is 0.256 e. The van der Waals surface area contributed by atoms with Crippen molar-refractivity contribution in [3.63, 3.8) is 0 Å². The topological polar surface area (TPSA) is 49.4 Å². The number of fused-ring (bicyclic) bond motifs is 3. The third-order valence-electron chi connectivity index (χ3n) is 5.34. The summed E-state index contributed by atoms with van der Waals surface area (Å²) in [6.07, 6.45) is 0. The van der Waals surface area contributed by atoms with Crippen LogP contribution >= 0.6 is 0 Å². The van der Waals surface area contributed by atoms with E-state index in [1.54, 1.807) is 11.0 Å². The fourth-order valence-electron chi connectivity index (χ4n) is 3.99. The van der Waals surface area contributed by atoms with Crippen LogP contribution in [0.15, 0.2) is 54.6 Å². The maximum absolute atomic E-state index is 13.9. The maximum Gasteiger partial charge on any atom is 0.256 e. The molecular weight excluding hydrogens is 379 g/mol. The standard InChI is InChI=1S/C25H25FN2O2/c1-15-5-7-17(8-6-15)22(23(29)27-25(2,3)4)28-14-18-10-9-16-11-12-19(26)13-20(16)21(18)24(28)30/h5-13,22H,14H2,1-4H3,(H,27,29). The van der Waals surface area contributed by atoms with E-state index in [2.05, 4.69) is 5.32 Å². The fraction of sp³-hybridized carbons (Fsp3) is 0.280. The molecule has 0 saturated heterocycles. The van der Waals surface area contributed by atoms with Crippen LogP contribution < -0.4 is 5.32 Å². The van der Waals surface area contributed by atoms with Gasteiger partial charge in [0.15, 0.2) is 0 Å². The molecule has 1 unspecified atom stereocenters. The normalized spacial score (nSPS) is 14.7. The quantitative estimate of drug-likeness (QED) is 0.675. The lowest BCUT2D eigenvalue weighted by atomic mass is 10.00. The van der Waals surface area contributed by atoms with Crippen molar-refractivity contribution in [1.82, 2.24) is 10.2 Å². The Bertz CT molecular complexity index is 1150. The van der Waals surface area contributed by atoms with Crippen LogP contribution in [0.1, 0.15) is 53.9 Å². The van der Waals surface area contributed by atoms with Crippen LogP contribution in [0.3, 0.4) is 0 Å². The minimum Gasteiger partial charge on any atom is -0.349 e. The highest BCUT2D eigenvalue weighted by Crippen LogP contribution is 2.36. The number of rotatable bonds is 3. The molecule has 1 N–H and O–H groups in total. The third-order valence-corrected chi connectivity index (χ3v) is 5.34. The molecule has 1 atom stereocenters. The van der Waals surface area contributed by atoms with Gasteiger partial charge in [0.1, 0.15) is 11.9 Å². The molecule has 1 aliphatic rings. The van der Waals surface area contributed by atoms with Crippen molar-refractivity contribution in [3.8, 4) is 0 Å². The maximum atomic E-state index is 13.9. The number of nitrogens with zero attached hydrogens (tertiary/aromatic N) is 1. The molecule has 1 heterocycles. The molecule has 154 valence electrons. The van der Waals surface area contributed by atoms with Crippen molar-refractivity contribution in [2.24, 2.45) is 0 Å². The second kappa shape index (κ2) is 7.24. The van der Waals surface area contributed by atoms with E-state index in [9.17, 15) is 14.0 Å². The zero-order valence-electron chi connectivity index (χ0n) is 17.6. The lowest BCUT2D eigenvalue weighted by Gasteiger charge is -2.31. The number of carbonyl (C=O) groups is 2. The van der Waals surface area contributed by atoms with Crippen molar-refractivity contribution in [3.05, 3.63) is 82.7 Å². The zero-order valence-corrected chi connectivity index (χ0v) is 17.6. The average Bonchev–Trinajstić information content (AvgIpc) is 2.99. The molecule has 2 amide bonds. The third kappa shape index (κ3) is 3.67. The van der Waals surface area contributed by atoms with Crippen LogP contribution in [0.5, 0.6) is 0 Å². The second-order valence-corrected chi connectivity index (χ2v) is 8.95. The predicted octanol–water partition coefficient (Wildman–Crippen LogP) is 4.90.